The lowest BCUT2D eigenvalue weighted by Gasteiger charge is -2.32. The van der Waals surface area contributed by atoms with Crippen molar-refractivity contribution in [3.63, 3.8) is 0 Å². The second-order valence-corrected chi connectivity index (χ2v) is 7.29. The molecule has 2 aromatic carbocycles. The summed E-state index contributed by atoms with van der Waals surface area (Å²) in [6.07, 6.45) is 1.85. The zero-order chi connectivity index (χ0) is 18.2. The molecule has 27 heavy (non-hydrogen) atoms. The highest BCUT2D eigenvalue weighted by molar-refractivity contribution is 5.59. The van der Waals surface area contributed by atoms with Crippen LogP contribution in [0.4, 0.5) is 5.69 Å². The van der Waals surface area contributed by atoms with Gasteiger partial charge >= 0.3 is 0 Å². The minimum absolute atomic E-state index is 0.204. The third-order valence-corrected chi connectivity index (χ3v) is 5.39. The molecule has 0 saturated heterocycles. The molecule has 5 nitrogen and oxygen atoms in total. The highest BCUT2D eigenvalue weighted by Crippen LogP contribution is 2.33. The van der Waals surface area contributed by atoms with Crippen LogP contribution < -0.4 is 10.1 Å². The number of benzene rings is 2. The minimum atomic E-state index is 0.204. The van der Waals surface area contributed by atoms with E-state index in [-0.39, 0.29) is 5.92 Å². The van der Waals surface area contributed by atoms with Crippen molar-refractivity contribution in [1.29, 1.82) is 5.26 Å². The van der Waals surface area contributed by atoms with Gasteiger partial charge in [0, 0.05) is 28.9 Å². The third-order valence-electron chi connectivity index (χ3n) is 5.39. The number of hydrogen-bond acceptors (Lipinski definition) is 4. The second-order valence-electron chi connectivity index (χ2n) is 7.29. The van der Waals surface area contributed by atoms with Crippen molar-refractivity contribution in [3.05, 3.63) is 65.9 Å². The Kier molecular flexibility index (Phi) is 3.83. The maximum Gasteiger partial charge on any atom is 0.130 e. The maximum absolute atomic E-state index is 8.91. The summed E-state index contributed by atoms with van der Waals surface area (Å²) in [5, 5.41) is 17.2. The number of fused-ring (bicyclic) bond motifs is 2. The molecule has 5 heteroatoms. The fourth-order valence-corrected chi connectivity index (χ4v) is 3.76. The van der Waals surface area contributed by atoms with E-state index in [4.69, 9.17) is 15.1 Å². The number of nitrogens with one attached hydrogen (secondary N) is 1. The molecule has 0 bridgehead atoms. The van der Waals surface area contributed by atoms with Gasteiger partial charge in [-0.25, -0.2) is 0 Å². The van der Waals surface area contributed by atoms with Crippen LogP contribution in [0.5, 0.6) is 5.75 Å². The zero-order valence-corrected chi connectivity index (χ0v) is 14.9. The third kappa shape index (κ3) is 3.04. The number of anilines is 1. The lowest BCUT2D eigenvalue weighted by molar-refractivity contribution is 0.301. The van der Waals surface area contributed by atoms with Crippen molar-refractivity contribution < 1.29 is 4.74 Å². The summed E-state index contributed by atoms with van der Waals surface area (Å²) in [4.78, 5) is 0. The SMILES string of the molecule is N#C[C@H]1C[C@H](Nc2ccc3c(c2)OCc2cc(-c4ccccc4)nn2C3)C1. The quantitative estimate of drug-likeness (QED) is 0.764. The number of aromatic nitrogens is 2. The molecule has 1 N–H and O–H groups in total. The van der Waals surface area contributed by atoms with Gasteiger partial charge in [0.05, 0.1) is 29.9 Å². The first-order valence-electron chi connectivity index (χ1n) is 9.32. The normalized spacial score (nSPS) is 20.3. The Balaban J connectivity index is 1.35. The Morgan fingerprint density at radius 2 is 1.96 bits per heavy atom. The fourth-order valence-electron chi connectivity index (χ4n) is 3.76. The molecule has 2 aliphatic rings. The van der Waals surface area contributed by atoms with E-state index in [1.165, 1.54) is 0 Å². The topological polar surface area (TPSA) is 62.9 Å². The van der Waals surface area contributed by atoms with Gasteiger partial charge in [-0.05, 0) is 25.0 Å². The lowest BCUT2D eigenvalue weighted by Crippen LogP contribution is -2.34. The molecule has 1 aromatic heterocycles. The number of ether oxygens (including phenoxy) is 1. The summed E-state index contributed by atoms with van der Waals surface area (Å²) in [7, 11) is 0. The molecule has 1 saturated carbocycles. The molecule has 0 amide bonds. The standard InChI is InChI=1S/C22H20N4O/c23-12-15-8-19(9-15)24-18-7-6-17-13-26-20(14-27-22(17)10-18)11-21(25-26)16-4-2-1-3-5-16/h1-7,10-11,15,19,24H,8-9,13-14H2/t15-,19-. The van der Waals surface area contributed by atoms with E-state index in [0.717, 1.165) is 46.8 Å². The number of nitrogens with zero attached hydrogens (tertiary/aromatic N) is 3. The highest BCUT2D eigenvalue weighted by Gasteiger charge is 2.29. The molecule has 1 fully saturated rings. The predicted octanol–water partition coefficient (Wildman–Crippen LogP) is 4.20. The Morgan fingerprint density at radius 1 is 1.11 bits per heavy atom. The van der Waals surface area contributed by atoms with E-state index in [9.17, 15) is 0 Å². The van der Waals surface area contributed by atoms with E-state index in [1.807, 2.05) is 22.9 Å². The summed E-state index contributed by atoms with van der Waals surface area (Å²) >= 11 is 0. The van der Waals surface area contributed by atoms with E-state index in [1.54, 1.807) is 0 Å². The molecule has 2 heterocycles. The first-order chi connectivity index (χ1) is 13.3. The van der Waals surface area contributed by atoms with Crippen molar-refractivity contribution >= 4 is 5.69 Å². The van der Waals surface area contributed by atoms with Crippen LogP contribution in [-0.2, 0) is 13.2 Å². The van der Waals surface area contributed by atoms with E-state index in [2.05, 4.69) is 47.8 Å². The molecular formula is C22H20N4O. The van der Waals surface area contributed by atoms with Crippen molar-refractivity contribution in [1.82, 2.24) is 9.78 Å². The number of rotatable bonds is 3. The molecular weight excluding hydrogens is 336 g/mol. The largest absolute Gasteiger partial charge is 0.487 e. The van der Waals surface area contributed by atoms with Gasteiger partial charge in [-0.1, -0.05) is 36.4 Å². The Hall–Kier alpha value is -3.26. The van der Waals surface area contributed by atoms with Gasteiger partial charge in [-0.2, -0.15) is 10.4 Å². The van der Waals surface area contributed by atoms with Crippen LogP contribution in [-0.4, -0.2) is 15.8 Å². The molecule has 1 aliphatic heterocycles. The Labute approximate surface area is 158 Å². The average Bonchev–Trinajstić information content (AvgIpc) is 2.99. The highest BCUT2D eigenvalue weighted by atomic mass is 16.5. The van der Waals surface area contributed by atoms with E-state index >= 15 is 0 Å². The van der Waals surface area contributed by atoms with Crippen LogP contribution in [0.15, 0.2) is 54.6 Å². The van der Waals surface area contributed by atoms with Crippen molar-refractivity contribution in [2.75, 3.05) is 5.32 Å². The summed E-state index contributed by atoms with van der Waals surface area (Å²) in [5.41, 5.74) is 5.36. The van der Waals surface area contributed by atoms with Crippen LogP contribution in [0.1, 0.15) is 24.1 Å². The van der Waals surface area contributed by atoms with Crippen molar-refractivity contribution in [3.8, 4) is 23.1 Å². The van der Waals surface area contributed by atoms with E-state index in [0.29, 0.717) is 19.2 Å². The van der Waals surface area contributed by atoms with Crippen LogP contribution in [0, 0.1) is 17.2 Å². The molecule has 0 spiro atoms. The second kappa shape index (κ2) is 6.48. The fraction of sp³-hybridized carbons (Fsp3) is 0.273. The van der Waals surface area contributed by atoms with Gasteiger partial charge in [0.2, 0.25) is 0 Å². The van der Waals surface area contributed by atoms with Crippen LogP contribution in [0.3, 0.4) is 0 Å². The molecule has 0 unspecified atom stereocenters. The molecule has 0 atom stereocenters. The summed E-state index contributed by atoms with van der Waals surface area (Å²) in [5.74, 6) is 1.11. The van der Waals surface area contributed by atoms with Crippen molar-refractivity contribution in [2.45, 2.75) is 32.0 Å². The first-order valence-corrected chi connectivity index (χ1v) is 9.32. The van der Waals surface area contributed by atoms with Crippen molar-refractivity contribution in [2.24, 2.45) is 5.92 Å². The van der Waals surface area contributed by atoms with Gasteiger partial charge in [-0.3, -0.25) is 4.68 Å². The van der Waals surface area contributed by atoms with Gasteiger partial charge < -0.3 is 10.1 Å². The molecule has 134 valence electrons. The van der Waals surface area contributed by atoms with E-state index < -0.39 is 0 Å². The number of hydrogen-bond donors (Lipinski definition) is 1. The summed E-state index contributed by atoms with van der Waals surface area (Å²) < 4.78 is 8.12. The smallest absolute Gasteiger partial charge is 0.130 e. The van der Waals surface area contributed by atoms with Crippen LogP contribution in [0.2, 0.25) is 0 Å². The zero-order valence-electron chi connectivity index (χ0n) is 14.9. The van der Waals surface area contributed by atoms with Crippen LogP contribution in [0.25, 0.3) is 11.3 Å². The average molecular weight is 356 g/mol. The first kappa shape index (κ1) is 16.0. The Bertz CT molecular complexity index is 1010. The van der Waals surface area contributed by atoms with Gasteiger partial charge in [0.15, 0.2) is 0 Å². The lowest BCUT2D eigenvalue weighted by atomic mass is 9.81. The van der Waals surface area contributed by atoms with Gasteiger partial charge in [0.1, 0.15) is 12.4 Å². The van der Waals surface area contributed by atoms with Gasteiger partial charge in [0.25, 0.3) is 0 Å². The van der Waals surface area contributed by atoms with Crippen LogP contribution >= 0.6 is 0 Å². The number of nitriles is 1. The monoisotopic (exact) mass is 356 g/mol. The molecule has 0 radical (unpaired) electrons. The minimum Gasteiger partial charge on any atom is -0.487 e. The molecule has 3 aromatic rings. The predicted molar refractivity (Wildman–Crippen MR) is 103 cm³/mol. The molecule has 5 rings (SSSR count). The van der Waals surface area contributed by atoms with Gasteiger partial charge in [-0.15, -0.1) is 0 Å². The summed E-state index contributed by atoms with van der Waals surface area (Å²) in [6.45, 7) is 1.22. The Morgan fingerprint density at radius 3 is 2.78 bits per heavy atom. The maximum atomic E-state index is 8.91. The molecule has 1 aliphatic carbocycles. The summed E-state index contributed by atoms with van der Waals surface area (Å²) in [6, 6.07) is 21.3.